The van der Waals surface area contributed by atoms with Crippen molar-refractivity contribution < 1.29 is 23.4 Å². The van der Waals surface area contributed by atoms with Crippen LogP contribution in [0.25, 0.3) is 0 Å². The molecule has 4 nitrogen and oxygen atoms in total. The maximum Gasteiger partial charge on any atom is 0.310 e. The zero-order valence-electron chi connectivity index (χ0n) is 8.91. The number of hydrogen-bond acceptors (Lipinski definition) is 4. The molecule has 0 atom stereocenters. The standard InChI is InChI=1S/C10H10BrF2NO3/c1-2-17-7(15)4-5-3-6(11)14-8(9(5)16)10(12)13/h3,10,16H,2,4H2,1H3. The van der Waals surface area contributed by atoms with Gasteiger partial charge in [-0.25, -0.2) is 13.8 Å². The molecular weight excluding hydrogens is 300 g/mol. The van der Waals surface area contributed by atoms with E-state index in [0.717, 1.165) is 0 Å². The van der Waals surface area contributed by atoms with Crippen LogP contribution in [0.3, 0.4) is 0 Å². The van der Waals surface area contributed by atoms with Gasteiger partial charge >= 0.3 is 5.97 Å². The quantitative estimate of drug-likeness (QED) is 0.686. The smallest absolute Gasteiger partial charge is 0.310 e. The molecule has 17 heavy (non-hydrogen) atoms. The number of carbonyl (C=O) groups excluding carboxylic acids is 1. The molecule has 1 rings (SSSR count). The van der Waals surface area contributed by atoms with E-state index in [-0.39, 0.29) is 23.2 Å². The Bertz CT molecular complexity index is 426. The van der Waals surface area contributed by atoms with Crippen molar-refractivity contribution in [2.75, 3.05) is 6.61 Å². The third-order valence-corrected chi connectivity index (χ3v) is 2.32. The van der Waals surface area contributed by atoms with Gasteiger partial charge in [-0.2, -0.15) is 0 Å². The predicted molar refractivity (Wildman–Crippen MR) is 58.9 cm³/mol. The van der Waals surface area contributed by atoms with Crippen LogP contribution in [0.4, 0.5) is 8.78 Å². The van der Waals surface area contributed by atoms with E-state index in [1.807, 2.05) is 0 Å². The zero-order chi connectivity index (χ0) is 13.0. The molecule has 7 heteroatoms. The van der Waals surface area contributed by atoms with Gasteiger partial charge in [0, 0.05) is 5.56 Å². The van der Waals surface area contributed by atoms with Crippen LogP contribution >= 0.6 is 15.9 Å². The molecule has 1 aromatic rings. The molecule has 0 spiro atoms. The number of halogens is 3. The van der Waals surface area contributed by atoms with Crippen molar-refractivity contribution in [1.29, 1.82) is 0 Å². The summed E-state index contributed by atoms with van der Waals surface area (Å²) in [5, 5.41) is 9.53. The first-order valence-electron chi connectivity index (χ1n) is 4.77. The Kier molecular flexibility index (Phi) is 4.80. The fourth-order valence-corrected chi connectivity index (χ4v) is 1.70. The minimum atomic E-state index is -2.91. The first kappa shape index (κ1) is 13.8. The lowest BCUT2D eigenvalue weighted by atomic mass is 10.1. The lowest BCUT2D eigenvalue weighted by molar-refractivity contribution is -0.142. The summed E-state index contributed by atoms with van der Waals surface area (Å²) in [5.41, 5.74) is -0.695. The number of nitrogens with zero attached hydrogens (tertiary/aromatic N) is 1. The highest BCUT2D eigenvalue weighted by Crippen LogP contribution is 2.31. The molecule has 1 heterocycles. The monoisotopic (exact) mass is 309 g/mol. The Morgan fingerprint density at radius 2 is 2.29 bits per heavy atom. The predicted octanol–water partition coefficient (Wildman–Crippen LogP) is 2.59. The molecule has 0 amide bonds. The average Bonchev–Trinajstić information content (AvgIpc) is 2.22. The fourth-order valence-electron chi connectivity index (χ4n) is 1.23. The number of esters is 1. The molecule has 0 radical (unpaired) electrons. The van der Waals surface area contributed by atoms with E-state index in [0.29, 0.717) is 0 Å². The lowest BCUT2D eigenvalue weighted by Gasteiger charge is -2.09. The topological polar surface area (TPSA) is 59.4 Å². The van der Waals surface area contributed by atoms with E-state index < -0.39 is 23.8 Å². The summed E-state index contributed by atoms with van der Waals surface area (Å²) in [7, 11) is 0. The second kappa shape index (κ2) is 5.90. The van der Waals surface area contributed by atoms with Gasteiger partial charge in [0.05, 0.1) is 13.0 Å². The number of hydrogen-bond donors (Lipinski definition) is 1. The maximum atomic E-state index is 12.5. The molecule has 0 aromatic carbocycles. The second-order valence-corrected chi connectivity index (χ2v) is 3.93. The maximum absolute atomic E-state index is 12.5. The van der Waals surface area contributed by atoms with Crippen molar-refractivity contribution in [3.05, 3.63) is 21.9 Å². The molecule has 94 valence electrons. The molecule has 0 bridgehead atoms. The summed E-state index contributed by atoms with van der Waals surface area (Å²) in [4.78, 5) is 14.7. The van der Waals surface area contributed by atoms with Crippen molar-refractivity contribution >= 4 is 21.9 Å². The highest BCUT2D eigenvalue weighted by Gasteiger charge is 2.20. The van der Waals surface area contributed by atoms with Gasteiger partial charge < -0.3 is 9.84 Å². The molecule has 0 saturated heterocycles. The van der Waals surface area contributed by atoms with Gasteiger partial charge in [-0.1, -0.05) is 0 Å². The van der Waals surface area contributed by atoms with E-state index >= 15 is 0 Å². The molecule has 0 unspecified atom stereocenters. The Morgan fingerprint density at radius 1 is 1.65 bits per heavy atom. The van der Waals surface area contributed by atoms with Crippen LogP contribution in [0.2, 0.25) is 0 Å². The SMILES string of the molecule is CCOC(=O)Cc1cc(Br)nc(C(F)F)c1O. The largest absolute Gasteiger partial charge is 0.506 e. The number of alkyl halides is 2. The molecule has 1 N–H and O–H groups in total. The van der Waals surface area contributed by atoms with Crippen LogP contribution in [0, 0.1) is 0 Å². The van der Waals surface area contributed by atoms with Gasteiger partial charge in [0.2, 0.25) is 0 Å². The molecule has 0 fully saturated rings. The van der Waals surface area contributed by atoms with Gasteiger partial charge in [-0.3, -0.25) is 4.79 Å². The number of carbonyl (C=O) groups is 1. The third-order valence-electron chi connectivity index (χ3n) is 1.91. The lowest BCUT2D eigenvalue weighted by Crippen LogP contribution is -2.09. The van der Waals surface area contributed by atoms with Crippen LogP contribution in [-0.4, -0.2) is 22.7 Å². The number of pyridine rings is 1. The number of ether oxygens (including phenoxy) is 1. The van der Waals surface area contributed by atoms with E-state index in [1.165, 1.54) is 6.07 Å². The van der Waals surface area contributed by atoms with Crippen LogP contribution in [0.15, 0.2) is 10.7 Å². The highest BCUT2D eigenvalue weighted by molar-refractivity contribution is 9.10. The van der Waals surface area contributed by atoms with E-state index in [2.05, 4.69) is 25.7 Å². The summed E-state index contributed by atoms with van der Waals surface area (Å²) in [6.07, 6.45) is -3.19. The van der Waals surface area contributed by atoms with E-state index in [1.54, 1.807) is 6.92 Å². The van der Waals surface area contributed by atoms with Gasteiger partial charge in [0.25, 0.3) is 6.43 Å². The van der Waals surface area contributed by atoms with Crippen molar-refractivity contribution in [3.8, 4) is 5.75 Å². The van der Waals surface area contributed by atoms with Crippen molar-refractivity contribution in [3.63, 3.8) is 0 Å². The summed E-state index contributed by atoms with van der Waals surface area (Å²) in [6.45, 7) is 1.82. The van der Waals surface area contributed by atoms with Gasteiger partial charge in [0.1, 0.15) is 16.0 Å². The Balaban J connectivity index is 3.03. The normalized spacial score (nSPS) is 10.6. The van der Waals surface area contributed by atoms with Gasteiger partial charge in [-0.05, 0) is 28.9 Å². The van der Waals surface area contributed by atoms with E-state index in [9.17, 15) is 18.7 Å². The summed E-state index contributed by atoms with van der Waals surface area (Å²) in [6, 6.07) is 1.30. The molecule has 0 aliphatic heterocycles. The number of aromatic nitrogens is 1. The van der Waals surface area contributed by atoms with Crippen LogP contribution < -0.4 is 0 Å². The third kappa shape index (κ3) is 3.62. The molecule has 0 saturated carbocycles. The molecular formula is C10H10BrF2NO3. The Labute approximate surface area is 105 Å². The number of rotatable bonds is 4. The fraction of sp³-hybridized carbons (Fsp3) is 0.400. The molecule has 0 aliphatic carbocycles. The van der Waals surface area contributed by atoms with E-state index in [4.69, 9.17) is 0 Å². The minimum Gasteiger partial charge on any atom is -0.506 e. The Morgan fingerprint density at radius 3 is 2.82 bits per heavy atom. The minimum absolute atomic E-state index is 0.0561. The molecule has 1 aromatic heterocycles. The van der Waals surface area contributed by atoms with Crippen LogP contribution in [-0.2, 0) is 16.0 Å². The highest BCUT2D eigenvalue weighted by atomic mass is 79.9. The Hall–Kier alpha value is -1.24. The van der Waals surface area contributed by atoms with Crippen molar-refractivity contribution in [2.45, 2.75) is 19.8 Å². The molecule has 0 aliphatic rings. The summed E-state index contributed by atoms with van der Waals surface area (Å²) >= 11 is 2.94. The summed E-state index contributed by atoms with van der Waals surface area (Å²) < 4.78 is 29.8. The zero-order valence-corrected chi connectivity index (χ0v) is 10.5. The summed E-state index contributed by atoms with van der Waals surface area (Å²) in [5.74, 6) is -1.27. The number of aromatic hydroxyl groups is 1. The van der Waals surface area contributed by atoms with Gasteiger partial charge in [-0.15, -0.1) is 0 Å². The van der Waals surface area contributed by atoms with Crippen LogP contribution in [0.1, 0.15) is 24.6 Å². The van der Waals surface area contributed by atoms with Crippen LogP contribution in [0.5, 0.6) is 5.75 Å². The first-order chi connectivity index (χ1) is 7.95. The average molecular weight is 310 g/mol. The first-order valence-corrected chi connectivity index (χ1v) is 5.57. The second-order valence-electron chi connectivity index (χ2n) is 3.12. The van der Waals surface area contributed by atoms with Crippen molar-refractivity contribution in [2.24, 2.45) is 0 Å². The van der Waals surface area contributed by atoms with Crippen molar-refractivity contribution in [1.82, 2.24) is 4.98 Å². The van der Waals surface area contributed by atoms with Gasteiger partial charge in [0.15, 0.2) is 0 Å².